The number of hydrogen-bond donors (Lipinski definition) is 2. The first kappa shape index (κ1) is 20.5. The third-order valence-corrected chi connectivity index (χ3v) is 6.46. The summed E-state index contributed by atoms with van der Waals surface area (Å²) in [7, 11) is -2.49. The maximum atomic E-state index is 12.8. The first-order valence-corrected chi connectivity index (χ1v) is 10.7. The fourth-order valence-electron chi connectivity index (χ4n) is 3.50. The third kappa shape index (κ3) is 3.63. The number of amides is 4. The van der Waals surface area contributed by atoms with E-state index in [2.05, 4.69) is 10.0 Å². The first-order valence-electron chi connectivity index (χ1n) is 9.24. The molecule has 4 rings (SSSR count). The fourth-order valence-corrected chi connectivity index (χ4v) is 4.55. The fraction of sp³-hybridized carbons (Fsp3) is 0.200. The molecule has 10 nitrogen and oxygen atoms in total. The van der Waals surface area contributed by atoms with Crippen LogP contribution in [0.25, 0.3) is 0 Å². The van der Waals surface area contributed by atoms with Crippen molar-refractivity contribution < 1.29 is 32.3 Å². The number of methoxy groups -OCH3 is 1. The van der Waals surface area contributed by atoms with Crippen LogP contribution in [-0.4, -0.2) is 50.1 Å². The van der Waals surface area contributed by atoms with Crippen LogP contribution in [0, 0.1) is 0 Å². The molecule has 2 aliphatic rings. The van der Waals surface area contributed by atoms with Gasteiger partial charge in [-0.15, -0.1) is 0 Å². The molecule has 2 aliphatic heterocycles. The maximum Gasteiger partial charge on any atom is 0.262 e. The molecule has 2 aromatic rings. The Morgan fingerprint density at radius 2 is 1.68 bits per heavy atom. The molecule has 0 radical (unpaired) electrons. The van der Waals surface area contributed by atoms with E-state index in [0.29, 0.717) is 5.75 Å². The topological polar surface area (TPSA) is 139 Å². The van der Waals surface area contributed by atoms with Crippen molar-refractivity contribution in [1.82, 2.24) is 10.2 Å². The average Bonchev–Trinajstić information content (AvgIpc) is 2.98. The van der Waals surface area contributed by atoms with Crippen LogP contribution in [-0.2, 0) is 19.6 Å². The number of carbonyl (C=O) groups excluding carboxylic acids is 4. The van der Waals surface area contributed by atoms with Crippen molar-refractivity contribution in [2.75, 3.05) is 11.8 Å². The quantitative estimate of drug-likeness (QED) is 0.655. The number of fused-ring (bicyclic) bond motifs is 1. The van der Waals surface area contributed by atoms with Gasteiger partial charge in [-0.05, 0) is 48.9 Å². The number of imide groups is 2. The van der Waals surface area contributed by atoms with Crippen LogP contribution in [0.4, 0.5) is 5.69 Å². The normalized spacial score (nSPS) is 18.6. The van der Waals surface area contributed by atoms with Gasteiger partial charge in [0.05, 0.1) is 23.1 Å². The van der Waals surface area contributed by atoms with Gasteiger partial charge in [0.2, 0.25) is 11.8 Å². The summed E-state index contributed by atoms with van der Waals surface area (Å²) in [6, 6.07) is 8.58. The van der Waals surface area contributed by atoms with E-state index in [9.17, 15) is 27.6 Å². The third-order valence-electron chi connectivity index (χ3n) is 5.06. The number of benzene rings is 2. The average molecular weight is 443 g/mol. The van der Waals surface area contributed by atoms with Gasteiger partial charge in [-0.2, -0.15) is 0 Å². The van der Waals surface area contributed by atoms with E-state index in [1.165, 1.54) is 49.6 Å². The zero-order valence-electron chi connectivity index (χ0n) is 16.2. The Bertz CT molecular complexity index is 1220. The highest BCUT2D eigenvalue weighted by Gasteiger charge is 2.44. The molecule has 2 heterocycles. The van der Waals surface area contributed by atoms with Crippen molar-refractivity contribution in [2.45, 2.75) is 23.8 Å². The summed E-state index contributed by atoms with van der Waals surface area (Å²) in [6.45, 7) is 0. The van der Waals surface area contributed by atoms with Crippen molar-refractivity contribution in [3.8, 4) is 5.75 Å². The molecule has 0 aliphatic carbocycles. The Kier molecular flexibility index (Phi) is 4.97. The van der Waals surface area contributed by atoms with E-state index in [-0.39, 0.29) is 34.6 Å². The number of rotatable bonds is 5. The molecular formula is C20H17N3O7S. The van der Waals surface area contributed by atoms with E-state index in [4.69, 9.17) is 4.74 Å². The molecule has 0 bridgehead atoms. The summed E-state index contributed by atoms with van der Waals surface area (Å²) < 4.78 is 32.6. The molecule has 0 saturated carbocycles. The highest BCUT2D eigenvalue weighted by atomic mass is 32.2. The molecule has 0 aromatic heterocycles. The molecule has 0 spiro atoms. The molecular weight excluding hydrogens is 426 g/mol. The molecule has 160 valence electrons. The van der Waals surface area contributed by atoms with Gasteiger partial charge in [0.15, 0.2) is 0 Å². The Balaban J connectivity index is 1.59. The monoisotopic (exact) mass is 443 g/mol. The van der Waals surface area contributed by atoms with Gasteiger partial charge in [0.25, 0.3) is 21.8 Å². The molecule has 2 N–H and O–H groups in total. The maximum absolute atomic E-state index is 12.8. The number of sulfonamides is 1. The number of anilines is 1. The van der Waals surface area contributed by atoms with Crippen LogP contribution in [0.2, 0.25) is 0 Å². The SMILES string of the molecule is COc1ccc(S(=O)(=O)Nc2ccc3c(c2)C(=O)N(C2CCC(=O)NC2=O)C3=O)cc1. The second kappa shape index (κ2) is 7.51. The van der Waals surface area contributed by atoms with Crippen LogP contribution in [0.1, 0.15) is 33.6 Å². The molecule has 31 heavy (non-hydrogen) atoms. The standard InChI is InChI=1S/C20H17N3O7S/c1-30-12-3-5-13(6-4-12)31(28,29)22-11-2-7-14-15(10-11)20(27)23(19(14)26)16-8-9-17(24)21-18(16)25/h2-7,10,16,22H,8-9H2,1H3,(H,21,24,25). The van der Waals surface area contributed by atoms with Crippen molar-refractivity contribution in [1.29, 1.82) is 0 Å². The number of carbonyl (C=O) groups is 4. The van der Waals surface area contributed by atoms with Gasteiger partial charge < -0.3 is 4.74 Å². The van der Waals surface area contributed by atoms with Crippen LogP contribution in [0.5, 0.6) is 5.75 Å². The number of nitrogens with one attached hydrogen (secondary N) is 2. The predicted molar refractivity (Wildman–Crippen MR) is 107 cm³/mol. The minimum Gasteiger partial charge on any atom is -0.497 e. The predicted octanol–water partition coefficient (Wildman–Crippen LogP) is 0.897. The molecule has 1 saturated heterocycles. The van der Waals surface area contributed by atoms with Gasteiger partial charge in [0.1, 0.15) is 11.8 Å². The second-order valence-corrected chi connectivity index (χ2v) is 8.67. The van der Waals surface area contributed by atoms with E-state index >= 15 is 0 Å². The van der Waals surface area contributed by atoms with Gasteiger partial charge in [-0.3, -0.25) is 34.1 Å². The lowest BCUT2D eigenvalue weighted by Gasteiger charge is -2.27. The largest absolute Gasteiger partial charge is 0.497 e. The van der Waals surface area contributed by atoms with Crippen molar-refractivity contribution >= 4 is 39.3 Å². The lowest BCUT2D eigenvalue weighted by Crippen LogP contribution is -2.54. The first-order chi connectivity index (χ1) is 14.7. The van der Waals surface area contributed by atoms with Crippen LogP contribution in [0.15, 0.2) is 47.4 Å². The van der Waals surface area contributed by atoms with Crippen molar-refractivity contribution in [3.05, 3.63) is 53.6 Å². The molecule has 1 unspecified atom stereocenters. The van der Waals surface area contributed by atoms with Crippen LogP contribution < -0.4 is 14.8 Å². The van der Waals surface area contributed by atoms with Gasteiger partial charge >= 0.3 is 0 Å². The summed E-state index contributed by atoms with van der Waals surface area (Å²) in [5, 5.41) is 2.12. The lowest BCUT2D eigenvalue weighted by molar-refractivity contribution is -0.136. The number of nitrogens with zero attached hydrogens (tertiary/aromatic N) is 1. The van der Waals surface area contributed by atoms with Gasteiger partial charge in [-0.25, -0.2) is 8.42 Å². The number of ether oxygens (including phenoxy) is 1. The molecule has 4 amide bonds. The number of piperidine rings is 1. The summed E-state index contributed by atoms with van der Waals surface area (Å²) in [5.41, 5.74) is 0.118. The zero-order chi connectivity index (χ0) is 22.3. The number of hydrogen-bond acceptors (Lipinski definition) is 7. The highest BCUT2D eigenvalue weighted by molar-refractivity contribution is 7.92. The van der Waals surface area contributed by atoms with E-state index in [0.717, 1.165) is 4.90 Å². The van der Waals surface area contributed by atoms with Crippen molar-refractivity contribution in [3.63, 3.8) is 0 Å². The van der Waals surface area contributed by atoms with E-state index < -0.39 is 39.7 Å². The van der Waals surface area contributed by atoms with Gasteiger partial charge in [-0.1, -0.05) is 0 Å². The Hall–Kier alpha value is -3.73. The highest BCUT2D eigenvalue weighted by Crippen LogP contribution is 2.30. The van der Waals surface area contributed by atoms with Crippen LogP contribution in [0.3, 0.4) is 0 Å². The summed E-state index contributed by atoms with van der Waals surface area (Å²) in [5.74, 6) is -2.08. The zero-order valence-corrected chi connectivity index (χ0v) is 17.1. The second-order valence-electron chi connectivity index (χ2n) is 6.99. The molecule has 1 fully saturated rings. The minimum atomic E-state index is -3.95. The van der Waals surface area contributed by atoms with Crippen LogP contribution >= 0.6 is 0 Å². The lowest BCUT2D eigenvalue weighted by atomic mass is 10.0. The smallest absolute Gasteiger partial charge is 0.262 e. The van der Waals surface area contributed by atoms with Crippen molar-refractivity contribution in [2.24, 2.45) is 0 Å². The van der Waals surface area contributed by atoms with Gasteiger partial charge in [0, 0.05) is 12.1 Å². The summed E-state index contributed by atoms with van der Waals surface area (Å²) >= 11 is 0. The Labute approximate surface area is 177 Å². The molecule has 1 atom stereocenters. The molecule has 11 heteroatoms. The molecule has 2 aromatic carbocycles. The Morgan fingerprint density at radius 3 is 2.32 bits per heavy atom. The Morgan fingerprint density at radius 1 is 1.00 bits per heavy atom. The minimum absolute atomic E-state index is 0.0106. The van der Waals surface area contributed by atoms with E-state index in [1.54, 1.807) is 0 Å². The summed E-state index contributed by atoms with van der Waals surface area (Å²) in [6.07, 6.45) is 0.0454. The van der Waals surface area contributed by atoms with E-state index in [1.807, 2.05) is 0 Å². The summed E-state index contributed by atoms with van der Waals surface area (Å²) in [4.78, 5) is 49.8.